The molecule has 3 aromatic rings. The molecule has 1 aliphatic rings. The van der Waals surface area contributed by atoms with Gasteiger partial charge in [-0.1, -0.05) is 0 Å². The zero-order valence-corrected chi connectivity index (χ0v) is 16.1. The van der Waals surface area contributed by atoms with Crippen molar-refractivity contribution in [1.29, 1.82) is 0 Å². The first-order valence-electron chi connectivity index (χ1n) is 9.56. The molecule has 28 heavy (non-hydrogen) atoms. The predicted octanol–water partition coefficient (Wildman–Crippen LogP) is 2.92. The molecule has 0 aliphatic carbocycles. The summed E-state index contributed by atoms with van der Waals surface area (Å²) in [6.07, 6.45) is 8.63. The minimum atomic E-state index is 0.401. The number of aromatic nitrogens is 4. The van der Waals surface area contributed by atoms with E-state index in [1.165, 1.54) is 0 Å². The van der Waals surface area contributed by atoms with Gasteiger partial charge in [0.2, 0.25) is 5.95 Å². The summed E-state index contributed by atoms with van der Waals surface area (Å²) >= 11 is 0. The monoisotopic (exact) mass is 376 g/mol. The minimum Gasteiger partial charge on any atom is -0.351 e. The quantitative estimate of drug-likeness (QED) is 0.666. The van der Waals surface area contributed by atoms with Gasteiger partial charge < -0.3 is 10.6 Å². The van der Waals surface area contributed by atoms with Gasteiger partial charge in [-0.3, -0.25) is 4.79 Å². The average molecular weight is 376 g/mol. The number of carbonyl (C=O) groups is 1. The Bertz CT molecular complexity index is 990. The summed E-state index contributed by atoms with van der Waals surface area (Å²) in [5.74, 6) is 0.659. The van der Waals surface area contributed by atoms with E-state index in [1.807, 2.05) is 49.3 Å². The highest BCUT2D eigenvalue weighted by molar-refractivity contribution is 5.76. The number of aryl methyl sites for hydroxylation is 2. The molecule has 0 spiro atoms. The number of aldehydes is 1. The molecule has 0 amide bonds. The van der Waals surface area contributed by atoms with E-state index < -0.39 is 0 Å². The van der Waals surface area contributed by atoms with Crippen LogP contribution in [0.15, 0.2) is 36.8 Å². The van der Waals surface area contributed by atoms with Crippen LogP contribution in [-0.2, 0) is 0 Å². The smallest absolute Gasteiger partial charge is 0.223 e. The van der Waals surface area contributed by atoms with Gasteiger partial charge in [0, 0.05) is 29.6 Å². The molecule has 0 unspecified atom stereocenters. The van der Waals surface area contributed by atoms with Crippen LogP contribution in [0.25, 0.3) is 16.9 Å². The van der Waals surface area contributed by atoms with E-state index in [-0.39, 0.29) is 0 Å². The summed E-state index contributed by atoms with van der Waals surface area (Å²) in [5, 5.41) is 11.3. The third kappa shape index (κ3) is 3.80. The topological polar surface area (TPSA) is 84.7 Å². The van der Waals surface area contributed by atoms with E-state index in [0.717, 1.165) is 60.3 Å². The Labute approximate surface area is 164 Å². The number of benzene rings is 1. The first-order chi connectivity index (χ1) is 13.6. The molecule has 1 aliphatic heterocycles. The largest absolute Gasteiger partial charge is 0.351 e. The standard InChI is InChI=1S/C21H24N6O/c1-14-9-16(13-28)3-4-19(14)27-12-17(11-24-27)20-15(2)10-23-21(26-20)25-18-5-7-22-8-6-18/h3-4,9-13,18,22H,5-8H2,1-2H3,(H,23,25,26). The van der Waals surface area contributed by atoms with E-state index in [2.05, 4.69) is 20.7 Å². The highest BCUT2D eigenvalue weighted by atomic mass is 16.1. The maximum Gasteiger partial charge on any atom is 0.223 e. The number of hydrogen-bond acceptors (Lipinski definition) is 6. The van der Waals surface area contributed by atoms with Crippen molar-refractivity contribution in [3.8, 4) is 16.9 Å². The number of nitrogens with one attached hydrogen (secondary N) is 2. The Hall–Kier alpha value is -3.06. The fourth-order valence-electron chi connectivity index (χ4n) is 3.54. The van der Waals surface area contributed by atoms with E-state index >= 15 is 0 Å². The fourth-order valence-corrected chi connectivity index (χ4v) is 3.54. The first-order valence-corrected chi connectivity index (χ1v) is 9.56. The molecule has 4 rings (SSSR count). The number of anilines is 1. The van der Waals surface area contributed by atoms with Crippen molar-refractivity contribution < 1.29 is 4.79 Å². The Balaban J connectivity index is 1.61. The molecule has 1 aromatic carbocycles. The van der Waals surface area contributed by atoms with Crippen molar-refractivity contribution in [3.63, 3.8) is 0 Å². The molecule has 7 nitrogen and oxygen atoms in total. The second-order valence-electron chi connectivity index (χ2n) is 7.23. The van der Waals surface area contributed by atoms with Crippen LogP contribution in [0.3, 0.4) is 0 Å². The van der Waals surface area contributed by atoms with Crippen LogP contribution in [0.1, 0.15) is 34.3 Å². The molecule has 0 saturated carbocycles. The van der Waals surface area contributed by atoms with Gasteiger partial charge in [-0.05, 0) is 69.1 Å². The van der Waals surface area contributed by atoms with Crippen molar-refractivity contribution >= 4 is 12.2 Å². The second kappa shape index (κ2) is 7.90. The van der Waals surface area contributed by atoms with Gasteiger partial charge in [-0.2, -0.15) is 5.10 Å². The van der Waals surface area contributed by atoms with E-state index in [1.54, 1.807) is 6.07 Å². The maximum atomic E-state index is 11.0. The molecule has 3 heterocycles. The van der Waals surface area contributed by atoms with Crippen LogP contribution in [0, 0.1) is 13.8 Å². The van der Waals surface area contributed by atoms with Crippen molar-refractivity contribution in [3.05, 3.63) is 53.5 Å². The molecule has 2 aromatic heterocycles. The van der Waals surface area contributed by atoms with E-state index in [4.69, 9.17) is 4.98 Å². The highest BCUT2D eigenvalue weighted by Gasteiger charge is 2.16. The summed E-state index contributed by atoms with van der Waals surface area (Å²) in [6, 6.07) is 5.97. The SMILES string of the molecule is Cc1cc(C=O)ccc1-n1cc(-c2nc(NC3CCNCC3)ncc2C)cn1. The summed E-state index contributed by atoms with van der Waals surface area (Å²) in [6.45, 7) is 6.02. The van der Waals surface area contributed by atoms with Crippen LogP contribution in [-0.4, -0.2) is 45.2 Å². The number of hydrogen-bond donors (Lipinski definition) is 2. The predicted molar refractivity (Wildman–Crippen MR) is 109 cm³/mol. The van der Waals surface area contributed by atoms with Crippen LogP contribution < -0.4 is 10.6 Å². The lowest BCUT2D eigenvalue weighted by Gasteiger charge is -2.23. The van der Waals surface area contributed by atoms with Gasteiger partial charge in [-0.15, -0.1) is 0 Å². The van der Waals surface area contributed by atoms with E-state index in [0.29, 0.717) is 17.6 Å². The van der Waals surface area contributed by atoms with Crippen molar-refractivity contribution in [1.82, 2.24) is 25.1 Å². The third-order valence-corrected chi connectivity index (χ3v) is 5.10. The minimum absolute atomic E-state index is 0.401. The number of nitrogens with zero attached hydrogens (tertiary/aromatic N) is 4. The Kier molecular flexibility index (Phi) is 5.16. The average Bonchev–Trinajstić information content (AvgIpc) is 3.19. The molecule has 0 bridgehead atoms. The summed E-state index contributed by atoms with van der Waals surface area (Å²) in [4.78, 5) is 20.2. The summed E-state index contributed by atoms with van der Waals surface area (Å²) < 4.78 is 1.82. The van der Waals surface area contributed by atoms with Gasteiger partial charge in [0.15, 0.2) is 0 Å². The van der Waals surface area contributed by atoms with Gasteiger partial charge in [0.1, 0.15) is 6.29 Å². The van der Waals surface area contributed by atoms with Gasteiger partial charge in [-0.25, -0.2) is 14.6 Å². The Morgan fingerprint density at radius 3 is 2.75 bits per heavy atom. The molecule has 7 heteroatoms. The van der Waals surface area contributed by atoms with Crippen molar-refractivity contribution in [2.45, 2.75) is 32.7 Å². The fraction of sp³-hybridized carbons (Fsp3) is 0.333. The highest BCUT2D eigenvalue weighted by Crippen LogP contribution is 2.24. The molecule has 0 radical (unpaired) electrons. The van der Waals surface area contributed by atoms with Crippen molar-refractivity contribution in [2.75, 3.05) is 18.4 Å². The molecule has 0 atom stereocenters. The molecular weight excluding hydrogens is 352 g/mol. The lowest BCUT2D eigenvalue weighted by molar-refractivity contribution is 0.112. The zero-order valence-electron chi connectivity index (χ0n) is 16.1. The number of piperidine rings is 1. The molecule has 1 saturated heterocycles. The van der Waals surface area contributed by atoms with Crippen LogP contribution in [0.4, 0.5) is 5.95 Å². The van der Waals surface area contributed by atoms with Gasteiger partial charge in [0.05, 0.1) is 17.6 Å². The second-order valence-corrected chi connectivity index (χ2v) is 7.23. The molecular formula is C21H24N6O. The van der Waals surface area contributed by atoms with E-state index in [9.17, 15) is 4.79 Å². The first kappa shape index (κ1) is 18.3. The summed E-state index contributed by atoms with van der Waals surface area (Å²) in [5.41, 5.74) is 5.41. The lowest BCUT2D eigenvalue weighted by Crippen LogP contribution is -2.35. The maximum absolute atomic E-state index is 11.0. The molecule has 2 N–H and O–H groups in total. The lowest BCUT2D eigenvalue weighted by atomic mass is 10.1. The zero-order chi connectivity index (χ0) is 19.5. The Morgan fingerprint density at radius 2 is 2.00 bits per heavy atom. The van der Waals surface area contributed by atoms with Gasteiger partial charge >= 0.3 is 0 Å². The third-order valence-electron chi connectivity index (χ3n) is 5.10. The number of carbonyl (C=O) groups excluding carboxylic acids is 1. The van der Waals surface area contributed by atoms with Gasteiger partial charge in [0.25, 0.3) is 0 Å². The molecule has 144 valence electrons. The van der Waals surface area contributed by atoms with Crippen LogP contribution >= 0.6 is 0 Å². The van der Waals surface area contributed by atoms with Crippen LogP contribution in [0.5, 0.6) is 0 Å². The summed E-state index contributed by atoms with van der Waals surface area (Å²) in [7, 11) is 0. The van der Waals surface area contributed by atoms with Crippen LogP contribution in [0.2, 0.25) is 0 Å². The number of rotatable bonds is 5. The molecule has 1 fully saturated rings. The Morgan fingerprint density at radius 1 is 1.18 bits per heavy atom. The normalized spacial score (nSPS) is 14.8. The van der Waals surface area contributed by atoms with Crippen molar-refractivity contribution in [2.24, 2.45) is 0 Å².